The average molecular weight is 327 g/mol. The quantitative estimate of drug-likeness (QED) is 0.742. The summed E-state index contributed by atoms with van der Waals surface area (Å²) in [5.41, 5.74) is 2.50. The average Bonchev–Trinajstić information content (AvgIpc) is 2.56. The Balaban J connectivity index is 2.33. The molecule has 2 aromatic rings. The van der Waals surface area contributed by atoms with Crippen molar-refractivity contribution in [3.05, 3.63) is 59.7 Å². The summed E-state index contributed by atoms with van der Waals surface area (Å²) >= 11 is 0. The third kappa shape index (κ3) is 4.65. The molecule has 23 heavy (non-hydrogen) atoms. The Labute approximate surface area is 141 Å². The molecular weight excluding hydrogens is 301 g/mol. The van der Waals surface area contributed by atoms with Gasteiger partial charge in [0, 0.05) is 13.1 Å². The van der Waals surface area contributed by atoms with Crippen molar-refractivity contribution >= 4 is 24.4 Å². The predicted octanol–water partition coefficient (Wildman–Crippen LogP) is 3.60. The monoisotopic (exact) mass is 327 g/mol. The zero-order valence-corrected chi connectivity index (χ0v) is 15.4. The van der Waals surface area contributed by atoms with Gasteiger partial charge in [0.15, 0.2) is 0 Å². The van der Waals surface area contributed by atoms with E-state index in [1.54, 1.807) is 0 Å². The minimum Gasteiger partial charge on any atom is -0.343 e. The van der Waals surface area contributed by atoms with E-state index >= 15 is 0 Å². The molecule has 0 atom stereocenters. The number of rotatable bonds is 6. The zero-order valence-electron chi connectivity index (χ0n) is 14.5. The zero-order chi connectivity index (χ0) is 16.8. The van der Waals surface area contributed by atoms with E-state index in [4.69, 9.17) is 0 Å². The van der Waals surface area contributed by atoms with Crippen molar-refractivity contribution in [3.63, 3.8) is 0 Å². The molecule has 0 radical (unpaired) electrons. The number of hydrogen-bond donors (Lipinski definition) is 0. The molecule has 2 rings (SSSR count). The second kappa shape index (κ2) is 8.26. The molecule has 0 heterocycles. The number of carbonyl (C=O) groups excluding carboxylic acids is 1. The highest BCUT2D eigenvalue weighted by Gasteiger charge is 2.20. The van der Waals surface area contributed by atoms with Gasteiger partial charge in [0.1, 0.15) is 0 Å². The maximum atomic E-state index is 12.6. The van der Waals surface area contributed by atoms with Gasteiger partial charge in [-0.25, -0.2) is 0 Å². The van der Waals surface area contributed by atoms with E-state index in [-0.39, 0.29) is 5.91 Å². The summed E-state index contributed by atoms with van der Waals surface area (Å²) in [6, 6.07) is 17.3. The molecule has 1 amide bonds. The first-order valence-corrected chi connectivity index (χ1v) is 9.76. The van der Waals surface area contributed by atoms with Crippen molar-refractivity contribution in [2.45, 2.75) is 27.7 Å². The van der Waals surface area contributed by atoms with E-state index in [2.05, 4.69) is 62.4 Å². The summed E-state index contributed by atoms with van der Waals surface area (Å²) in [4.78, 5) is 14.6. The van der Waals surface area contributed by atoms with Gasteiger partial charge < -0.3 is 4.90 Å². The molecule has 2 aromatic carbocycles. The Morgan fingerprint density at radius 3 is 1.57 bits per heavy atom. The molecule has 0 spiro atoms. The van der Waals surface area contributed by atoms with E-state index in [0.717, 1.165) is 13.1 Å². The highest BCUT2D eigenvalue weighted by molar-refractivity contribution is 7.73. The molecule has 0 saturated heterocycles. The molecular formula is C20H26NOP. The molecule has 3 heteroatoms. The predicted molar refractivity (Wildman–Crippen MR) is 101 cm³/mol. The van der Waals surface area contributed by atoms with Crippen LogP contribution in [0, 0.1) is 13.8 Å². The molecule has 0 aliphatic carbocycles. The van der Waals surface area contributed by atoms with E-state index in [1.165, 1.54) is 21.7 Å². The summed E-state index contributed by atoms with van der Waals surface area (Å²) in [5.74, 6) is 0.252. The van der Waals surface area contributed by atoms with Gasteiger partial charge in [0.05, 0.1) is 6.16 Å². The van der Waals surface area contributed by atoms with E-state index in [0.29, 0.717) is 6.16 Å². The maximum Gasteiger partial charge on any atom is 0.227 e. The van der Waals surface area contributed by atoms with Gasteiger partial charge in [0.25, 0.3) is 0 Å². The lowest BCUT2D eigenvalue weighted by molar-refractivity contribution is -0.128. The first-order valence-electron chi connectivity index (χ1n) is 8.23. The van der Waals surface area contributed by atoms with Crippen LogP contribution >= 0.6 is 7.92 Å². The molecule has 122 valence electrons. The maximum absolute atomic E-state index is 12.6. The molecule has 0 aromatic heterocycles. The molecule has 0 aliphatic rings. The van der Waals surface area contributed by atoms with Gasteiger partial charge in [-0.2, -0.15) is 0 Å². The number of aryl methyl sites for hydroxylation is 2. The third-order valence-electron chi connectivity index (χ3n) is 4.10. The fourth-order valence-electron chi connectivity index (χ4n) is 2.59. The minimum absolute atomic E-state index is 0.252. The Kier molecular flexibility index (Phi) is 6.36. The first-order chi connectivity index (χ1) is 11.0. The van der Waals surface area contributed by atoms with Crippen LogP contribution in [-0.2, 0) is 4.79 Å². The summed E-state index contributed by atoms with van der Waals surface area (Å²) in [7, 11) is -0.650. The molecule has 0 saturated carbocycles. The Bertz CT molecular complexity index is 584. The molecule has 0 N–H and O–H groups in total. The van der Waals surface area contributed by atoms with E-state index < -0.39 is 7.92 Å². The third-order valence-corrected chi connectivity index (χ3v) is 6.53. The highest BCUT2D eigenvalue weighted by Crippen LogP contribution is 2.34. The van der Waals surface area contributed by atoms with Crippen LogP contribution in [0.4, 0.5) is 0 Å². The smallest absolute Gasteiger partial charge is 0.227 e. The van der Waals surface area contributed by atoms with E-state index in [1.807, 2.05) is 18.7 Å². The van der Waals surface area contributed by atoms with Crippen LogP contribution in [0.2, 0.25) is 0 Å². The summed E-state index contributed by atoms with van der Waals surface area (Å²) in [6.45, 7) is 9.83. The van der Waals surface area contributed by atoms with Crippen molar-refractivity contribution in [2.24, 2.45) is 0 Å². The van der Waals surface area contributed by atoms with Crippen molar-refractivity contribution in [2.75, 3.05) is 19.3 Å². The van der Waals surface area contributed by atoms with Gasteiger partial charge >= 0.3 is 0 Å². The lowest BCUT2D eigenvalue weighted by Crippen LogP contribution is -2.34. The van der Waals surface area contributed by atoms with Crippen LogP contribution in [0.1, 0.15) is 25.0 Å². The van der Waals surface area contributed by atoms with Crippen LogP contribution in [0.15, 0.2) is 48.5 Å². The number of benzene rings is 2. The molecule has 0 fully saturated rings. The van der Waals surface area contributed by atoms with Gasteiger partial charge in [0.2, 0.25) is 5.91 Å². The van der Waals surface area contributed by atoms with E-state index in [9.17, 15) is 4.79 Å². The SMILES string of the molecule is CCN(CC)C(=O)CP(c1ccc(C)cc1)c1ccc(C)cc1. The largest absolute Gasteiger partial charge is 0.343 e. The number of hydrogen-bond acceptors (Lipinski definition) is 1. The molecule has 2 nitrogen and oxygen atoms in total. The second-order valence-corrected chi connectivity index (χ2v) is 8.03. The van der Waals surface area contributed by atoms with Gasteiger partial charge in [-0.05, 0) is 46.2 Å². The summed E-state index contributed by atoms with van der Waals surface area (Å²) in [6.07, 6.45) is 0.586. The first kappa shape index (κ1) is 17.7. The van der Waals surface area contributed by atoms with Crippen molar-refractivity contribution in [3.8, 4) is 0 Å². The molecule has 0 bridgehead atoms. The molecule has 0 unspecified atom stereocenters. The van der Waals surface area contributed by atoms with Crippen molar-refractivity contribution in [1.29, 1.82) is 0 Å². The van der Waals surface area contributed by atoms with Crippen LogP contribution in [0.25, 0.3) is 0 Å². The Hall–Kier alpha value is -1.66. The van der Waals surface area contributed by atoms with Gasteiger partial charge in [-0.15, -0.1) is 0 Å². The van der Waals surface area contributed by atoms with Gasteiger partial charge in [-0.1, -0.05) is 59.7 Å². The molecule has 0 aliphatic heterocycles. The Morgan fingerprint density at radius 2 is 1.22 bits per heavy atom. The highest BCUT2D eigenvalue weighted by atomic mass is 31.1. The van der Waals surface area contributed by atoms with Crippen LogP contribution < -0.4 is 10.6 Å². The lowest BCUT2D eigenvalue weighted by atomic mass is 10.2. The van der Waals surface area contributed by atoms with Crippen molar-refractivity contribution in [1.82, 2.24) is 4.90 Å². The van der Waals surface area contributed by atoms with Crippen LogP contribution in [0.5, 0.6) is 0 Å². The Morgan fingerprint density at radius 1 is 0.826 bits per heavy atom. The van der Waals surface area contributed by atoms with Crippen LogP contribution in [-0.4, -0.2) is 30.1 Å². The minimum atomic E-state index is -0.650. The van der Waals surface area contributed by atoms with Gasteiger partial charge in [-0.3, -0.25) is 4.79 Å². The second-order valence-electron chi connectivity index (χ2n) is 5.82. The fraction of sp³-hybridized carbons (Fsp3) is 0.350. The van der Waals surface area contributed by atoms with Crippen molar-refractivity contribution < 1.29 is 4.79 Å². The topological polar surface area (TPSA) is 20.3 Å². The standard InChI is InChI=1S/C20H26NOP/c1-5-21(6-2)20(22)15-23(18-11-7-16(3)8-12-18)19-13-9-17(4)10-14-19/h7-14H,5-6,15H2,1-4H3. The number of nitrogens with zero attached hydrogens (tertiary/aromatic N) is 1. The lowest BCUT2D eigenvalue weighted by Gasteiger charge is -2.24. The summed E-state index contributed by atoms with van der Waals surface area (Å²) < 4.78 is 0. The van der Waals surface area contributed by atoms with Crippen LogP contribution in [0.3, 0.4) is 0 Å². The fourth-order valence-corrected chi connectivity index (χ4v) is 4.74. The normalized spacial score (nSPS) is 10.8. The summed E-state index contributed by atoms with van der Waals surface area (Å²) in [5, 5.41) is 2.55. The number of carbonyl (C=O) groups is 1. The number of amides is 1.